The Morgan fingerprint density at radius 2 is 2.00 bits per heavy atom. The zero-order valence-corrected chi connectivity index (χ0v) is 9.02. The minimum atomic E-state index is -1.50. The van der Waals surface area contributed by atoms with Gasteiger partial charge in [0.05, 0.1) is 0 Å². The van der Waals surface area contributed by atoms with Gasteiger partial charge in [-0.25, -0.2) is 14.8 Å². The van der Waals surface area contributed by atoms with Gasteiger partial charge < -0.3 is 5.11 Å². The van der Waals surface area contributed by atoms with Crippen molar-refractivity contribution < 1.29 is 14.7 Å². The molecule has 1 rings (SSSR count). The number of nitrogens with zero attached hydrogens (tertiary/aromatic N) is 2. The van der Waals surface area contributed by atoms with Crippen molar-refractivity contribution in [3.05, 3.63) is 23.8 Å². The normalized spacial score (nSPS) is 8.73. The summed E-state index contributed by atoms with van der Waals surface area (Å²) in [7, 11) is 0. The van der Waals surface area contributed by atoms with Gasteiger partial charge in [-0.1, -0.05) is 20.8 Å². The molecule has 15 heavy (non-hydrogen) atoms. The Labute approximate surface area is 88.2 Å². The number of aromatic nitrogens is 2. The second-order valence-electron chi connectivity index (χ2n) is 2.35. The van der Waals surface area contributed by atoms with E-state index in [9.17, 15) is 9.59 Å². The Morgan fingerprint density at radius 1 is 1.40 bits per heavy atom. The molecule has 1 heterocycles. The van der Waals surface area contributed by atoms with Crippen LogP contribution < -0.4 is 0 Å². The van der Waals surface area contributed by atoms with Crippen molar-refractivity contribution in [2.45, 2.75) is 27.2 Å². The Hall–Kier alpha value is -1.78. The summed E-state index contributed by atoms with van der Waals surface area (Å²) in [6.45, 7) is 5.82. The fourth-order valence-electron chi connectivity index (χ4n) is 0.805. The molecule has 1 aromatic rings. The third-order valence-corrected chi connectivity index (χ3v) is 1.45. The minimum absolute atomic E-state index is 0.0700. The summed E-state index contributed by atoms with van der Waals surface area (Å²) in [5.74, 6) is -2.04. The third kappa shape index (κ3) is 3.84. The van der Waals surface area contributed by atoms with E-state index in [4.69, 9.17) is 5.11 Å². The highest BCUT2D eigenvalue weighted by molar-refractivity contribution is 6.39. The zero-order valence-electron chi connectivity index (χ0n) is 9.02. The third-order valence-electron chi connectivity index (χ3n) is 1.45. The number of carbonyl (C=O) groups excluding carboxylic acids is 1. The molecule has 0 saturated heterocycles. The molecule has 0 aliphatic rings. The number of Topliss-reactive ketones (excluding diaryl/α,β-unsaturated/α-hetero) is 1. The van der Waals surface area contributed by atoms with E-state index in [2.05, 4.69) is 9.97 Å². The summed E-state index contributed by atoms with van der Waals surface area (Å²) in [6.07, 6.45) is 1.95. The lowest BCUT2D eigenvalue weighted by Gasteiger charge is -1.96. The van der Waals surface area contributed by atoms with Gasteiger partial charge in [0.15, 0.2) is 0 Å². The van der Waals surface area contributed by atoms with Gasteiger partial charge >= 0.3 is 5.97 Å². The second-order valence-corrected chi connectivity index (χ2v) is 2.35. The van der Waals surface area contributed by atoms with Gasteiger partial charge in [0, 0.05) is 12.6 Å². The molecule has 0 aliphatic carbocycles. The molecule has 0 aliphatic heterocycles. The average molecular weight is 210 g/mol. The van der Waals surface area contributed by atoms with Gasteiger partial charge in [-0.05, 0) is 6.07 Å². The number of aryl methyl sites for hydroxylation is 1. The number of aliphatic carboxylic acids is 1. The molecule has 82 valence electrons. The minimum Gasteiger partial charge on any atom is -0.475 e. The first-order valence-electron chi connectivity index (χ1n) is 4.74. The largest absolute Gasteiger partial charge is 0.475 e. The van der Waals surface area contributed by atoms with Crippen molar-refractivity contribution in [3.8, 4) is 0 Å². The van der Waals surface area contributed by atoms with Gasteiger partial charge in [-0.2, -0.15) is 0 Å². The molecular weight excluding hydrogens is 196 g/mol. The quantitative estimate of drug-likeness (QED) is 0.601. The molecule has 0 fully saturated rings. The average Bonchev–Trinajstić information content (AvgIpc) is 2.30. The van der Waals surface area contributed by atoms with Crippen molar-refractivity contribution >= 4 is 11.8 Å². The summed E-state index contributed by atoms with van der Waals surface area (Å²) >= 11 is 0. The maximum atomic E-state index is 10.9. The summed E-state index contributed by atoms with van der Waals surface area (Å²) in [6, 6.07) is 1.29. The van der Waals surface area contributed by atoms with Gasteiger partial charge in [0.2, 0.25) is 0 Å². The SMILES string of the molecule is CC.CCc1nccc(C(=O)C(=O)O)n1. The number of ketones is 1. The van der Waals surface area contributed by atoms with E-state index in [0.717, 1.165) is 0 Å². The van der Waals surface area contributed by atoms with Crippen molar-refractivity contribution in [1.29, 1.82) is 0 Å². The van der Waals surface area contributed by atoms with E-state index in [1.807, 2.05) is 20.8 Å². The van der Waals surface area contributed by atoms with Crippen LogP contribution >= 0.6 is 0 Å². The van der Waals surface area contributed by atoms with E-state index in [1.54, 1.807) is 0 Å². The molecule has 0 saturated carbocycles. The number of carboxylic acid groups (broad SMARTS) is 1. The number of hydrogen-bond acceptors (Lipinski definition) is 4. The summed E-state index contributed by atoms with van der Waals surface area (Å²) in [5.41, 5.74) is -0.0700. The number of rotatable bonds is 3. The Kier molecular flexibility index (Phi) is 5.85. The molecule has 0 spiro atoms. The molecule has 1 aromatic heterocycles. The Bertz CT molecular complexity index is 350. The lowest BCUT2D eigenvalue weighted by atomic mass is 10.2. The fraction of sp³-hybridized carbons (Fsp3) is 0.400. The number of carbonyl (C=O) groups is 2. The molecule has 5 nitrogen and oxygen atoms in total. The van der Waals surface area contributed by atoms with Gasteiger partial charge in [-0.15, -0.1) is 0 Å². The second kappa shape index (κ2) is 6.64. The first-order chi connectivity index (χ1) is 7.15. The van der Waals surface area contributed by atoms with Gasteiger partial charge in [-0.3, -0.25) is 4.79 Å². The standard InChI is InChI=1S/C8H8N2O3.C2H6/c1-2-6-9-4-3-5(10-6)7(11)8(12)13;1-2/h3-4H,2H2,1H3,(H,12,13);1-2H3. The van der Waals surface area contributed by atoms with Crippen LogP contribution in [0.4, 0.5) is 0 Å². The van der Waals surface area contributed by atoms with Crippen LogP contribution in [0.15, 0.2) is 12.3 Å². The lowest BCUT2D eigenvalue weighted by Crippen LogP contribution is -2.15. The lowest BCUT2D eigenvalue weighted by molar-refractivity contribution is -0.131. The molecular formula is C10H14N2O3. The first-order valence-corrected chi connectivity index (χ1v) is 4.74. The highest BCUT2D eigenvalue weighted by Gasteiger charge is 2.15. The predicted octanol–water partition coefficient (Wildman–Crippen LogP) is 1.33. The molecule has 0 bridgehead atoms. The van der Waals surface area contributed by atoms with Crippen LogP contribution in [0.5, 0.6) is 0 Å². The smallest absolute Gasteiger partial charge is 0.378 e. The van der Waals surface area contributed by atoms with E-state index in [1.165, 1.54) is 12.3 Å². The predicted molar refractivity (Wildman–Crippen MR) is 54.7 cm³/mol. The van der Waals surface area contributed by atoms with Crippen LogP contribution in [0.1, 0.15) is 37.1 Å². The molecule has 0 radical (unpaired) electrons. The van der Waals surface area contributed by atoms with Crippen LogP contribution in [0.3, 0.4) is 0 Å². The highest BCUT2D eigenvalue weighted by Crippen LogP contribution is 1.97. The first kappa shape index (κ1) is 13.2. The van der Waals surface area contributed by atoms with Crippen LogP contribution in [0, 0.1) is 0 Å². The summed E-state index contributed by atoms with van der Waals surface area (Å²) in [5, 5.41) is 8.39. The van der Waals surface area contributed by atoms with Crippen LogP contribution in [0.25, 0.3) is 0 Å². The zero-order chi connectivity index (χ0) is 11.8. The van der Waals surface area contributed by atoms with E-state index in [-0.39, 0.29) is 5.69 Å². The summed E-state index contributed by atoms with van der Waals surface area (Å²) in [4.78, 5) is 28.8. The molecule has 0 aromatic carbocycles. The van der Waals surface area contributed by atoms with Crippen molar-refractivity contribution in [3.63, 3.8) is 0 Å². The van der Waals surface area contributed by atoms with E-state index < -0.39 is 11.8 Å². The number of hydrogen-bond donors (Lipinski definition) is 1. The Morgan fingerprint density at radius 3 is 2.47 bits per heavy atom. The van der Waals surface area contributed by atoms with Crippen LogP contribution in [-0.4, -0.2) is 26.8 Å². The van der Waals surface area contributed by atoms with Gasteiger partial charge in [0.25, 0.3) is 5.78 Å². The maximum Gasteiger partial charge on any atom is 0.378 e. The molecule has 0 atom stereocenters. The van der Waals surface area contributed by atoms with E-state index >= 15 is 0 Å². The van der Waals surface area contributed by atoms with Crippen LogP contribution in [-0.2, 0) is 11.2 Å². The van der Waals surface area contributed by atoms with Gasteiger partial charge in [0.1, 0.15) is 11.5 Å². The number of carboxylic acids is 1. The Balaban J connectivity index is 0.000000921. The van der Waals surface area contributed by atoms with Crippen LogP contribution in [0.2, 0.25) is 0 Å². The maximum absolute atomic E-state index is 10.9. The van der Waals surface area contributed by atoms with E-state index in [0.29, 0.717) is 12.2 Å². The van der Waals surface area contributed by atoms with Crippen molar-refractivity contribution in [2.24, 2.45) is 0 Å². The monoisotopic (exact) mass is 210 g/mol. The molecule has 0 unspecified atom stereocenters. The molecule has 1 N–H and O–H groups in total. The summed E-state index contributed by atoms with van der Waals surface area (Å²) < 4.78 is 0. The topological polar surface area (TPSA) is 80.2 Å². The van der Waals surface area contributed by atoms with Crippen molar-refractivity contribution in [2.75, 3.05) is 0 Å². The highest BCUT2D eigenvalue weighted by atomic mass is 16.4. The molecule has 0 amide bonds. The molecule has 5 heteroatoms. The van der Waals surface area contributed by atoms with Crippen molar-refractivity contribution in [1.82, 2.24) is 9.97 Å². The fourth-order valence-corrected chi connectivity index (χ4v) is 0.805.